The van der Waals surface area contributed by atoms with Crippen LogP contribution in [0.2, 0.25) is 0 Å². The molecule has 0 N–H and O–H groups in total. The Labute approximate surface area is 64.2 Å². The van der Waals surface area contributed by atoms with Crippen LogP contribution in [0.3, 0.4) is 0 Å². The Morgan fingerprint density at radius 2 is 2.36 bits per heavy atom. The topological polar surface area (TPSA) is 61.2 Å². The van der Waals surface area contributed by atoms with Gasteiger partial charge in [0.15, 0.2) is 0 Å². The molecular formula is C5H6N2O3S. The molecule has 11 heavy (non-hydrogen) atoms. The van der Waals surface area contributed by atoms with Crippen LogP contribution in [0.25, 0.3) is 0 Å². The Bertz CT molecular complexity index is 327. The molecule has 0 aromatic carbocycles. The van der Waals surface area contributed by atoms with Crippen molar-refractivity contribution in [3.05, 3.63) is 31.6 Å². The summed E-state index contributed by atoms with van der Waals surface area (Å²) in [6, 6.07) is 0. The number of hydrogen-bond acceptors (Lipinski definition) is 4. The fraction of sp³-hybridized carbons (Fsp3) is 0. The molecule has 0 radical (unpaired) electrons. The van der Waals surface area contributed by atoms with Crippen molar-refractivity contribution in [1.82, 2.24) is 8.96 Å². The molecule has 0 amide bonds. The highest BCUT2D eigenvalue weighted by Crippen LogP contribution is 1.97. The van der Waals surface area contributed by atoms with Gasteiger partial charge in [-0.15, -0.1) is 0 Å². The highest BCUT2D eigenvalue weighted by Gasteiger charge is 2.10. The standard InChI is InChI=1S/C5H6N2O3S/c1-2-10-11(8,9)7-4-3-6-5-7/h2-5H,1H2. The fourth-order valence-electron chi connectivity index (χ4n) is 0.515. The van der Waals surface area contributed by atoms with Gasteiger partial charge in [0.25, 0.3) is 0 Å². The van der Waals surface area contributed by atoms with Crippen LogP contribution < -0.4 is 0 Å². The van der Waals surface area contributed by atoms with Crippen molar-refractivity contribution in [2.24, 2.45) is 0 Å². The minimum Gasteiger partial charge on any atom is -0.375 e. The lowest BCUT2D eigenvalue weighted by atomic mass is 11.0. The Hall–Kier alpha value is -1.30. The van der Waals surface area contributed by atoms with Gasteiger partial charge in [-0.05, 0) is 0 Å². The van der Waals surface area contributed by atoms with Crippen molar-refractivity contribution in [3.63, 3.8) is 0 Å². The van der Waals surface area contributed by atoms with Gasteiger partial charge in [-0.2, -0.15) is 8.42 Å². The molecule has 1 aromatic rings. The van der Waals surface area contributed by atoms with Gasteiger partial charge in [-0.3, -0.25) is 0 Å². The number of hydrogen-bond donors (Lipinski definition) is 0. The fourth-order valence-corrected chi connectivity index (χ4v) is 1.16. The van der Waals surface area contributed by atoms with E-state index in [0.29, 0.717) is 0 Å². The van der Waals surface area contributed by atoms with Gasteiger partial charge in [0.05, 0.1) is 0 Å². The Balaban J connectivity index is 3.01. The molecule has 0 fully saturated rings. The third kappa shape index (κ3) is 1.58. The van der Waals surface area contributed by atoms with E-state index in [0.717, 1.165) is 16.6 Å². The molecule has 0 aliphatic heterocycles. The summed E-state index contributed by atoms with van der Waals surface area (Å²) >= 11 is 0. The van der Waals surface area contributed by atoms with Crippen molar-refractivity contribution >= 4 is 10.3 Å². The van der Waals surface area contributed by atoms with Crippen molar-refractivity contribution in [3.8, 4) is 0 Å². The van der Waals surface area contributed by atoms with Gasteiger partial charge >= 0.3 is 10.3 Å². The van der Waals surface area contributed by atoms with Crippen molar-refractivity contribution in [1.29, 1.82) is 0 Å². The maximum Gasteiger partial charge on any atom is 0.414 e. The predicted molar refractivity (Wildman–Crippen MR) is 37.8 cm³/mol. The number of rotatable bonds is 3. The summed E-state index contributed by atoms with van der Waals surface area (Å²) < 4.78 is 26.9. The van der Waals surface area contributed by atoms with Crippen molar-refractivity contribution in [2.75, 3.05) is 0 Å². The molecule has 1 rings (SSSR count). The molecule has 60 valence electrons. The van der Waals surface area contributed by atoms with E-state index in [9.17, 15) is 8.42 Å². The first-order chi connectivity index (χ1) is 5.17. The van der Waals surface area contributed by atoms with Crippen LogP contribution in [0, 0.1) is 0 Å². The zero-order valence-electron chi connectivity index (χ0n) is 5.54. The predicted octanol–water partition coefficient (Wildman–Crippen LogP) is 0.136. The van der Waals surface area contributed by atoms with Gasteiger partial charge in [0.2, 0.25) is 0 Å². The molecule has 0 spiro atoms. The third-order valence-electron chi connectivity index (χ3n) is 0.928. The maximum absolute atomic E-state index is 10.9. The molecular weight excluding hydrogens is 168 g/mol. The molecule has 0 aliphatic rings. The molecule has 1 aromatic heterocycles. The minimum atomic E-state index is -3.73. The van der Waals surface area contributed by atoms with Crippen molar-refractivity contribution < 1.29 is 12.6 Å². The molecule has 0 saturated carbocycles. The van der Waals surface area contributed by atoms with Crippen LogP contribution in [0.1, 0.15) is 0 Å². The third-order valence-corrected chi connectivity index (χ3v) is 2.04. The summed E-state index contributed by atoms with van der Waals surface area (Å²) in [6.07, 6.45) is 4.57. The van der Waals surface area contributed by atoms with Crippen molar-refractivity contribution in [2.45, 2.75) is 0 Å². The van der Waals surface area contributed by atoms with E-state index in [1.54, 1.807) is 0 Å². The minimum absolute atomic E-state index is 0.842. The van der Waals surface area contributed by atoms with Crippen LogP contribution in [0.5, 0.6) is 0 Å². The summed E-state index contributed by atoms with van der Waals surface area (Å²) in [6.45, 7) is 3.12. The highest BCUT2D eigenvalue weighted by atomic mass is 32.2. The smallest absolute Gasteiger partial charge is 0.375 e. The molecule has 0 aliphatic carbocycles. The van der Waals surface area contributed by atoms with E-state index in [4.69, 9.17) is 0 Å². The zero-order valence-corrected chi connectivity index (χ0v) is 6.36. The lowest BCUT2D eigenvalue weighted by molar-refractivity contribution is 0.435. The molecule has 0 bridgehead atoms. The molecule has 6 heteroatoms. The summed E-state index contributed by atoms with van der Waals surface area (Å²) in [7, 11) is -3.73. The normalized spacial score (nSPS) is 10.9. The average molecular weight is 174 g/mol. The summed E-state index contributed by atoms with van der Waals surface area (Å²) in [4.78, 5) is 3.54. The van der Waals surface area contributed by atoms with E-state index in [-0.39, 0.29) is 0 Å². The molecule has 0 saturated heterocycles. The Kier molecular flexibility index (Phi) is 1.95. The van der Waals surface area contributed by atoms with Crippen LogP contribution in [-0.4, -0.2) is 17.4 Å². The zero-order chi connectivity index (χ0) is 8.32. The van der Waals surface area contributed by atoms with Gasteiger partial charge in [-0.1, -0.05) is 6.58 Å². The first-order valence-corrected chi connectivity index (χ1v) is 4.06. The number of nitrogens with zero attached hydrogens (tertiary/aromatic N) is 2. The van der Waals surface area contributed by atoms with Crippen LogP contribution in [0.4, 0.5) is 0 Å². The summed E-state index contributed by atoms with van der Waals surface area (Å²) in [5.41, 5.74) is 0. The molecule has 1 heterocycles. The maximum atomic E-state index is 10.9. The SMILES string of the molecule is C=COS(=O)(=O)n1ccnc1. The van der Waals surface area contributed by atoms with E-state index in [2.05, 4.69) is 15.7 Å². The van der Waals surface area contributed by atoms with E-state index in [1.165, 1.54) is 12.4 Å². The summed E-state index contributed by atoms with van der Waals surface area (Å²) in [5, 5.41) is 0. The second-order valence-corrected chi connectivity index (χ2v) is 3.08. The van der Waals surface area contributed by atoms with Gasteiger partial charge in [0, 0.05) is 12.4 Å². The van der Waals surface area contributed by atoms with E-state index >= 15 is 0 Å². The first kappa shape index (κ1) is 7.80. The lowest BCUT2D eigenvalue weighted by Gasteiger charge is -2.00. The average Bonchev–Trinajstić information content (AvgIpc) is 2.37. The van der Waals surface area contributed by atoms with Crippen LogP contribution in [-0.2, 0) is 14.5 Å². The van der Waals surface area contributed by atoms with Crippen LogP contribution in [0.15, 0.2) is 31.6 Å². The Morgan fingerprint density at radius 3 is 2.82 bits per heavy atom. The summed E-state index contributed by atoms with van der Waals surface area (Å²) in [5.74, 6) is 0. The molecule has 5 nitrogen and oxygen atoms in total. The van der Waals surface area contributed by atoms with E-state index < -0.39 is 10.3 Å². The highest BCUT2D eigenvalue weighted by molar-refractivity contribution is 7.85. The number of imidazole rings is 1. The lowest BCUT2D eigenvalue weighted by Crippen LogP contribution is -2.10. The van der Waals surface area contributed by atoms with Gasteiger partial charge < -0.3 is 4.18 Å². The number of aromatic nitrogens is 2. The molecule has 0 atom stereocenters. The monoisotopic (exact) mass is 174 g/mol. The second kappa shape index (κ2) is 2.75. The quantitative estimate of drug-likeness (QED) is 0.611. The molecule has 0 unspecified atom stereocenters. The van der Waals surface area contributed by atoms with Crippen LogP contribution >= 0.6 is 0 Å². The Morgan fingerprint density at radius 1 is 1.64 bits per heavy atom. The van der Waals surface area contributed by atoms with Gasteiger partial charge in [-0.25, -0.2) is 8.96 Å². The van der Waals surface area contributed by atoms with Gasteiger partial charge in [0.1, 0.15) is 12.6 Å². The largest absolute Gasteiger partial charge is 0.414 e. The first-order valence-electron chi connectivity index (χ1n) is 2.69. The van der Waals surface area contributed by atoms with E-state index in [1.807, 2.05) is 0 Å². The second-order valence-electron chi connectivity index (χ2n) is 1.61.